The quantitative estimate of drug-likeness (QED) is 0.810. The van der Waals surface area contributed by atoms with E-state index in [0.717, 1.165) is 10.9 Å². The molecule has 3 N–H and O–H groups in total. The third kappa shape index (κ3) is 3.02. The molecule has 1 saturated carbocycles. The molecule has 4 rings (SSSR count). The third-order valence-electron chi connectivity index (χ3n) is 5.58. The Kier molecular flexibility index (Phi) is 4.28. The predicted octanol–water partition coefficient (Wildman–Crippen LogP) is 2.27. The highest BCUT2D eigenvalue weighted by molar-refractivity contribution is 7.91. The first-order valence-electron chi connectivity index (χ1n) is 8.69. The normalized spacial score (nSPS) is 30.3. The maximum Gasteiger partial charge on any atom is 0.287 e. The van der Waals surface area contributed by atoms with Gasteiger partial charge in [-0.05, 0) is 37.7 Å². The zero-order valence-corrected chi connectivity index (χ0v) is 15.9. The van der Waals surface area contributed by atoms with Crippen LogP contribution in [0.15, 0.2) is 22.6 Å². The smallest absolute Gasteiger partial charge is 0.287 e. The van der Waals surface area contributed by atoms with Gasteiger partial charge in [0.05, 0.1) is 16.5 Å². The van der Waals surface area contributed by atoms with E-state index < -0.39 is 9.84 Å². The lowest BCUT2D eigenvalue weighted by Crippen LogP contribution is -2.58. The molecule has 2 heterocycles. The Morgan fingerprint density at radius 1 is 1.27 bits per heavy atom. The predicted molar refractivity (Wildman–Crippen MR) is 100 cm³/mol. The summed E-state index contributed by atoms with van der Waals surface area (Å²) in [5.41, 5.74) is 7.29. The van der Waals surface area contributed by atoms with Gasteiger partial charge in [0.1, 0.15) is 0 Å². The first-order valence-corrected chi connectivity index (χ1v) is 10.9. The van der Waals surface area contributed by atoms with Gasteiger partial charge < -0.3 is 15.5 Å². The van der Waals surface area contributed by atoms with Crippen LogP contribution in [0.25, 0.3) is 11.0 Å². The van der Waals surface area contributed by atoms with E-state index in [1.807, 2.05) is 19.1 Å². The van der Waals surface area contributed by atoms with Crippen LogP contribution in [0.2, 0.25) is 5.02 Å². The fourth-order valence-corrected chi connectivity index (χ4v) is 6.83. The minimum atomic E-state index is -3.08. The number of sulfone groups is 1. The topological polar surface area (TPSA) is 102 Å². The first-order chi connectivity index (χ1) is 12.2. The number of furan rings is 1. The van der Waals surface area contributed by atoms with Crippen LogP contribution in [0.3, 0.4) is 0 Å². The van der Waals surface area contributed by atoms with Gasteiger partial charge in [-0.25, -0.2) is 8.42 Å². The van der Waals surface area contributed by atoms with Crippen LogP contribution in [0.1, 0.15) is 29.0 Å². The van der Waals surface area contributed by atoms with E-state index >= 15 is 0 Å². The minimum absolute atomic E-state index is 0.0135. The van der Waals surface area contributed by atoms with E-state index in [-0.39, 0.29) is 47.1 Å². The van der Waals surface area contributed by atoms with Gasteiger partial charge in [-0.1, -0.05) is 23.7 Å². The Morgan fingerprint density at radius 3 is 2.54 bits per heavy atom. The molecule has 0 radical (unpaired) electrons. The molecule has 1 amide bonds. The number of nitrogens with one attached hydrogen (secondary N) is 1. The second kappa shape index (κ2) is 6.25. The maximum atomic E-state index is 12.9. The van der Waals surface area contributed by atoms with Gasteiger partial charge in [0.25, 0.3) is 5.91 Å². The molecule has 1 aliphatic carbocycles. The number of para-hydroxylation sites is 1. The molecule has 1 aliphatic heterocycles. The number of nitrogens with two attached hydrogens (primary N) is 1. The van der Waals surface area contributed by atoms with Gasteiger partial charge in [-0.3, -0.25) is 4.79 Å². The molecule has 140 valence electrons. The lowest BCUT2D eigenvalue weighted by atomic mass is 9.75. The summed E-state index contributed by atoms with van der Waals surface area (Å²) < 4.78 is 29.9. The van der Waals surface area contributed by atoms with Crippen LogP contribution in [-0.4, -0.2) is 37.9 Å². The largest absolute Gasteiger partial charge is 0.449 e. The average Bonchev–Trinajstić information content (AvgIpc) is 2.87. The lowest BCUT2D eigenvalue weighted by Gasteiger charge is -2.44. The number of aryl methyl sites for hydroxylation is 1. The standard InChI is InChI=1S/C18H21ClN2O4S/c1-9-13-3-2-4-14(19)17(13)25-16(9)18(22)21-15-10-5-12(20)6-11(15)8-26(23,24)7-10/h2-4,10-12,15H,5-8,20H2,1H3,(H,21,22). The Labute approximate surface area is 157 Å². The number of hydrogen-bond acceptors (Lipinski definition) is 5. The zero-order valence-electron chi connectivity index (χ0n) is 14.4. The maximum absolute atomic E-state index is 12.9. The van der Waals surface area contributed by atoms with E-state index in [1.165, 1.54) is 0 Å². The van der Waals surface area contributed by atoms with E-state index in [9.17, 15) is 13.2 Å². The lowest BCUT2D eigenvalue weighted by molar-refractivity contribution is 0.0840. The van der Waals surface area contributed by atoms with Gasteiger partial charge in [0, 0.05) is 23.0 Å². The van der Waals surface area contributed by atoms with Crippen molar-refractivity contribution in [1.82, 2.24) is 5.32 Å². The molecule has 1 aromatic carbocycles. The van der Waals surface area contributed by atoms with E-state index in [4.69, 9.17) is 21.8 Å². The minimum Gasteiger partial charge on any atom is -0.449 e. The molecule has 2 aliphatic rings. The van der Waals surface area contributed by atoms with Crippen LogP contribution < -0.4 is 11.1 Å². The first kappa shape index (κ1) is 17.8. The fraction of sp³-hybridized carbons (Fsp3) is 0.500. The molecule has 1 saturated heterocycles. The molecule has 2 unspecified atom stereocenters. The van der Waals surface area contributed by atoms with Gasteiger partial charge in [0.2, 0.25) is 0 Å². The second-order valence-electron chi connectivity index (χ2n) is 7.50. The second-order valence-corrected chi connectivity index (χ2v) is 10.1. The number of rotatable bonds is 2. The molecule has 26 heavy (non-hydrogen) atoms. The molecular formula is C18H21ClN2O4S. The Hall–Kier alpha value is -1.57. The number of benzene rings is 1. The number of carbonyl (C=O) groups excluding carboxylic acids is 1. The monoisotopic (exact) mass is 396 g/mol. The van der Waals surface area contributed by atoms with Gasteiger partial charge >= 0.3 is 0 Å². The van der Waals surface area contributed by atoms with Gasteiger partial charge in [0.15, 0.2) is 21.2 Å². The van der Waals surface area contributed by atoms with Crippen LogP contribution >= 0.6 is 11.6 Å². The molecule has 2 bridgehead atoms. The van der Waals surface area contributed by atoms with Crippen LogP contribution in [0.4, 0.5) is 0 Å². The number of halogens is 1. The highest BCUT2D eigenvalue weighted by Gasteiger charge is 2.45. The molecule has 1 aromatic heterocycles. The van der Waals surface area contributed by atoms with Gasteiger partial charge in [-0.2, -0.15) is 0 Å². The third-order valence-corrected chi connectivity index (χ3v) is 7.75. The molecule has 2 aromatic rings. The Bertz CT molecular complexity index is 962. The van der Waals surface area contributed by atoms with Crippen molar-refractivity contribution in [2.75, 3.05) is 11.5 Å². The van der Waals surface area contributed by atoms with Crippen molar-refractivity contribution in [3.05, 3.63) is 34.5 Å². The Morgan fingerprint density at radius 2 is 1.92 bits per heavy atom. The SMILES string of the molecule is Cc1c(C(=O)NC2C3CC(N)CC2CS(=O)(=O)C3)oc2c(Cl)cccc12. The highest BCUT2D eigenvalue weighted by Crippen LogP contribution is 2.36. The summed E-state index contributed by atoms with van der Waals surface area (Å²) in [6.07, 6.45) is 1.21. The Balaban J connectivity index is 1.63. The van der Waals surface area contributed by atoms with Crippen LogP contribution in [0.5, 0.6) is 0 Å². The van der Waals surface area contributed by atoms with E-state index in [2.05, 4.69) is 5.32 Å². The summed E-state index contributed by atoms with van der Waals surface area (Å²) in [5, 5.41) is 4.28. The summed E-state index contributed by atoms with van der Waals surface area (Å²) in [7, 11) is -3.08. The van der Waals surface area contributed by atoms with Crippen LogP contribution in [0, 0.1) is 18.8 Å². The summed E-state index contributed by atoms with van der Waals surface area (Å²) in [4.78, 5) is 12.9. The van der Waals surface area contributed by atoms with Crippen molar-refractivity contribution in [2.24, 2.45) is 17.6 Å². The van der Waals surface area contributed by atoms with Crippen molar-refractivity contribution < 1.29 is 17.6 Å². The van der Waals surface area contributed by atoms with E-state index in [1.54, 1.807) is 6.07 Å². The summed E-state index contributed by atoms with van der Waals surface area (Å²) >= 11 is 6.16. The van der Waals surface area contributed by atoms with Crippen molar-refractivity contribution in [3.63, 3.8) is 0 Å². The fourth-order valence-electron chi connectivity index (χ4n) is 4.49. The number of carbonyl (C=O) groups is 1. The number of amides is 1. The highest BCUT2D eigenvalue weighted by atomic mass is 35.5. The van der Waals surface area contributed by atoms with Gasteiger partial charge in [-0.15, -0.1) is 0 Å². The molecule has 8 heteroatoms. The zero-order chi connectivity index (χ0) is 18.6. The van der Waals surface area contributed by atoms with Crippen molar-refractivity contribution >= 4 is 38.3 Å². The summed E-state index contributed by atoms with van der Waals surface area (Å²) in [6, 6.07) is 5.17. The molecule has 2 atom stereocenters. The molecule has 0 spiro atoms. The van der Waals surface area contributed by atoms with Crippen molar-refractivity contribution in [2.45, 2.75) is 31.8 Å². The molecular weight excluding hydrogens is 376 g/mol. The van der Waals surface area contributed by atoms with Crippen LogP contribution in [-0.2, 0) is 9.84 Å². The number of fused-ring (bicyclic) bond motifs is 3. The van der Waals surface area contributed by atoms with Crippen molar-refractivity contribution in [3.8, 4) is 0 Å². The van der Waals surface area contributed by atoms with Crippen molar-refractivity contribution in [1.29, 1.82) is 0 Å². The summed E-state index contributed by atoms with van der Waals surface area (Å²) in [6.45, 7) is 1.82. The molecule has 2 fully saturated rings. The average molecular weight is 397 g/mol. The number of hydrogen-bond donors (Lipinski definition) is 2. The summed E-state index contributed by atoms with van der Waals surface area (Å²) in [5.74, 6) is -0.256. The van der Waals surface area contributed by atoms with E-state index in [0.29, 0.717) is 23.4 Å². The molecule has 6 nitrogen and oxygen atoms in total.